The molecule has 0 aliphatic carbocycles. The molecule has 0 saturated carbocycles. The minimum atomic E-state index is 0.597. The van der Waals surface area contributed by atoms with E-state index in [1.807, 2.05) is 43.3 Å². The first-order valence-corrected chi connectivity index (χ1v) is 7.88. The molecule has 0 fully saturated rings. The zero-order valence-electron chi connectivity index (χ0n) is 12.3. The van der Waals surface area contributed by atoms with Crippen LogP contribution < -0.4 is 10.2 Å². The number of rotatable bonds is 6. The summed E-state index contributed by atoms with van der Waals surface area (Å²) in [6.07, 6.45) is 1.01. The van der Waals surface area contributed by atoms with Gasteiger partial charge in [-0.05, 0) is 36.4 Å². The molecular formula is C14H18ClN5S. The van der Waals surface area contributed by atoms with Crippen LogP contribution in [-0.4, -0.2) is 35.6 Å². The molecule has 0 saturated heterocycles. The van der Waals surface area contributed by atoms with E-state index < -0.39 is 0 Å². The molecule has 1 aromatic heterocycles. The molecule has 1 N–H and O–H groups in total. The maximum Gasteiger partial charge on any atom is 0.230 e. The topological polar surface area (TPSA) is 53.9 Å². The lowest BCUT2D eigenvalue weighted by molar-refractivity contribution is 0.852. The van der Waals surface area contributed by atoms with E-state index in [-0.39, 0.29) is 0 Å². The van der Waals surface area contributed by atoms with Crippen molar-refractivity contribution in [3.63, 3.8) is 0 Å². The second kappa shape index (κ2) is 7.47. The van der Waals surface area contributed by atoms with Crippen molar-refractivity contribution in [3.05, 3.63) is 29.3 Å². The minimum absolute atomic E-state index is 0.597. The zero-order chi connectivity index (χ0) is 15.2. The van der Waals surface area contributed by atoms with E-state index >= 15 is 0 Å². The lowest BCUT2D eigenvalue weighted by Gasteiger charge is -2.13. The van der Waals surface area contributed by atoms with Crippen LogP contribution in [0.4, 0.5) is 11.9 Å². The molecule has 112 valence electrons. The van der Waals surface area contributed by atoms with Crippen LogP contribution in [0.15, 0.2) is 34.3 Å². The quantitative estimate of drug-likeness (QED) is 0.877. The van der Waals surface area contributed by atoms with Crippen molar-refractivity contribution in [2.45, 2.75) is 23.4 Å². The van der Waals surface area contributed by atoms with Gasteiger partial charge in [-0.15, -0.1) is 0 Å². The molecule has 0 spiro atoms. The van der Waals surface area contributed by atoms with Crippen molar-refractivity contribution in [3.8, 4) is 0 Å². The van der Waals surface area contributed by atoms with Gasteiger partial charge < -0.3 is 10.2 Å². The average Bonchev–Trinajstić information content (AvgIpc) is 2.45. The fraction of sp³-hybridized carbons (Fsp3) is 0.357. The number of anilines is 2. The molecule has 2 aromatic rings. The Hall–Kier alpha value is -1.53. The van der Waals surface area contributed by atoms with Crippen LogP contribution in [0.2, 0.25) is 5.02 Å². The number of hydrogen-bond acceptors (Lipinski definition) is 6. The predicted molar refractivity (Wildman–Crippen MR) is 88.5 cm³/mol. The molecule has 0 unspecified atom stereocenters. The molecule has 1 heterocycles. The molecule has 21 heavy (non-hydrogen) atoms. The normalized spacial score (nSPS) is 10.5. The summed E-state index contributed by atoms with van der Waals surface area (Å²) in [7, 11) is 3.82. The highest BCUT2D eigenvalue weighted by Crippen LogP contribution is 2.28. The average molecular weight is 324 g/mol. The summed E-state index contributed by atoms with van der Waals surface area (Å²) < 4.78 is 0. The summed E-state index contributed by atoms with van der Waals surface area (Å²) >= 11 is 7.47. The van der Waals surface area contributed by atoms with Gasteiger partial charge in [0.2, 0.25) is 11.9 Å². The van der Waals surface area contributed by atoms with Gasteiger partial charge >= 0.3 is 0 Å². The van der Waals surface area contributed by atoms with Crippen molar-refractivity contribution < 1.29 is 0 Å². The lowest BCUT2D eigenvalue weighted by atomic mass is 10.4. The van der Waals surface area contributed by atoms with Gasteiger partial charge in [0.05, 0.1) is 0 Å². The van der Waals surface area contributed by atoms with Crippen LogP contribution in [-0.2, 0) is 0 Å². The number of aromatic nitrogens is 3. The van der Waals surface area contributed by atoms with Gasteiger partial charge in [0, 0.05) is 30.6 Å². The highest BCUT2D eigenvalue weighted by atomic mass is 35.5. The third-order valence-electron chi connectivity index (χ3n) is 2.54. The van der Waals surface area contributed by atoms with Crippen LogP contribution >= 0.6 is 23.4 Å². The fourth-order valence-electron chi connectivity index (χ4n) is 1.54. The molecule has 0 aliphatic heterocycles. The first-order valence-electron chi connectivity index (χ1n) is 6.69. The maximum atomic E-state index is 6.01. The van der Waals surface area contributed by atoms with Crippen molar-refractivity contribution in [2.75, 3.05) is 30.9 Å². The Morgan fingerprint density at radius 2 is 2.05 bits per heavy atom. The second-order valence-corrected chi connectivity index (χ2v) is 6.10. The van der Waals surface area contributed by atoms with Gasteiger partial charge in [-0.3, -0.25) is 0 Å². The first-order chi connectivity index (χ1) is 10.1. The summed E-state index contributed by atoms with van der Waals surface area (Å²) in [5.41, 5.74) is 0. The summed E-state index contributed by atoms with van der Waals surface area (Å²) in [6.45, 7) is 2.93. The monoisotopic (exact) mass is 323 g/mol. The summed E-state index contributed by atoms with van der Waals surface area (Å²) in [4.78, 5) is 16.1. The van der Waals surface area contributed by atoms with Crippen molar-refractivity contribution in [1.29, 1.82) is 0 Å². The third kappa shape index (κ3) is 4.75. The van der Waals surface area contributed by atoms with Gasteiger partial charge in [-0.2, -0.15) is 15.0 Å². The van der Waals surface area contributed by atoms with Crippen LogP contribution in [0, 0.1) is 0 Å². The number of benzene rings is 1. The number of nitrogens with one attached hydrogen (secondary N) is 1. The van der Waals surface area contributed by atoms with Crippen LogP contribution in [0.3, 0.4) is 0 Å². The van der Waals surface area contributed by atoms with Crippen molar-refractivity contribution in [1.82, 2.24) is 15.0 Å². The maximum absolute atomic E-state index is 6.01. The van der Waals surface area contributed by atoms with E-state index in [9.17, 15) is 0 Å². The van der Waals surface area contributed by atoms with E-state index in [2.05, 4.69) is 27.2 Å². The highest BCUT2D eigenvalue weighted by Gasteiger charge is 2.09. The predicted octanol–water partition coefficient (Wildman–Crippen LogP) is 3.56. The Balaban J connectivity index is 2.26. The largest absolute Gasteiger partial charge is 0.354 e. The van der Waals surface area contributed by atoms with Gasteiger partial charge in [-0.1, -0.05) is 24.6 Å². The Kier molecular flexibility index (Phi) is 5.64. The van der Waals surface area contributed by atoms with E-state index in [0.717, 1.165) is 17.9 Å². The van der Waals surface area contributed by atoms with E-state index in [1.54, 1.807) is 0 Å². The highest BCUT2D eigenvalue weighted by molar-refractivity contribution is 7.99. The number of halogens is 1. The van der Waals surface area contributed by atoms with Crippen molar-refractivity contribution >= 4 is 35.3 Å². The molecule has 0 atom stereocenters. The molecule has 0 aliphatic rings. The van der Waals surface area contributed by atoms with Gasteiger partial charge in [0.15, 0.2) is 5.16 Å². The molecule has 2 rings (SSSR count). The number of nitrogens with zero attached hydrogens (tertiary/aromatic N) is 4. The van der Waals surface area contributed by atoms with E-state index in [1.165, 1.54) is 11.8 Å². The molecule has 0 amide bonds. The zero-order valence-corrected chi connectivity index (χ0v) is 13.9. The molecule has 1 aromatic carbocycles. The van der Waals surface area contributed by atoms with Crippen LogP contribution in [0.5, 0.6) is 0 Å². The molecule has 0 bridgehead atoms. The van der Waals surface area contributed by atoms with E-state index in [0.29, 0.717) is 22.1 Å². The standard InChI is InChI=1S/C14H18ClN5S/c1-4-8-16-12-17-13(20(2)3)19-14(18-12)21-11-7-5-6-10(15)9-11/h5-7,9H,4,8H2,1-3H3,(H,16,17,18,19). The number of hydrogen-bond donors (Lipinski definition) is 1. The molecule has 0 radical (unpaired) electrons. The van der Waals surface area contributed by atoms with Crippen LogP contribution in [0.1, 0.15) is 13.3 Å². The summed E-state index contributed by atoms with van der Waals surface area (Å²) in [5, 5.41) is 4.55. The Morgan fingerprint density at radius 1 is 1.24 bits per heavy atom. The Labute approximate surface area is 134 Å². The van der Waals surface area contributed by atoms with E-state index in [4.69, 9.17) is 11.6 Å². The Bertz CT molecular complexity index is 606. The first kappa shape index (κ1) is 15.9. The van der Waals surface area contributed by atoms with Gasteiger partial charge in [0.25, 0.3) is 0 Å². The summed E-state index contributed by atoms with van der Waals surface area (Å²) in [5.74, 6) is 1.23. The second-order valence-electron chi connectivity index (χ2n) is 4.62. The fourth-order valence-corrected chi connectivity index (χ4v) is 2.60. The molecule has 7 heteroatoms. The van der Waals surface area contributed by atoms with Gasteiger partial charge in [0.1, 0.15) is 0 Å². The Morgan fingerprint density at radius 3 is 2.71 bits per heavy atom. The minimum Gasteiger partial charge on any atom is -0.354 e. The van der Waals surface area contributed by atoms with Crippen molar-refractivity contribution in [2.24, 2.45) is 0 Å². The third-order valence-corrected chi connectivity index (χ3v) is 3.63. The summed E-state index contributed by atoms with van der Waals surface area (Å²) in [6, 6.07) is 7.63. The van der Waals surface area contributed by atoms with Crippen LogP contribution in [0.25, 0.3) is 0 Å². The lowest BCUT2D eigenvalue weighted by Crippen LogP contribution is -2.16. The smallest absolute Gasteiger partial charge is 0.230 e. The molecule has 5 nitrogen and oxygen atoms in total. The molecular weight excluding hydrogens is 306 g/mol. The SMILES string of the molecule is CCCNc1nc(Sc2cccc(Cl)c2)nc(N(C)C)n1. The van der Waals surface area contributed by atoms with Gasteiger partial charge in [-0.25, -0.2) is 0 Å².